The number of anilines is 1. The van der Waals surface area contributed by atoms with Gasteiger partial charge in [0, 0.05) is 18.8 Å². The highest BCUT2D eigenvalue weighted by Gasteiger charge is 2.28. The van der Waals surface area contributed by atoms with Crippen molar-refractivity contribution in [2.24, 2.45) is 5.73 Å². The van der Waals surface area contributed by atoms with Crippen LogP contribution in [0.15, 0.2) is 60.7 Å². The molecule has 0 heterocycles. The van der Waals surface area contributed by atoms with Crippen LogP contribution in [0.3, 0.4) is 0 Å². The number of carbonyl (C=O) groups is 4. The quantitative estimate of drug-likeness (QED) is 0.171. The Morgan fingerprint density at radius 1 is 0.878 bits per heavy atom. The van der Waals surface area contributed by atoms with Crippen LogP contribution in [0.2, 0.25) is 0 Å². The average molecular weight is 570 g/mol. The molecule has 4 amide bonds. The molecule has 0 aliphatic heterocycles. The molecule has 0 bridgehead atoms. The number of benzene rings is 2. The number of para-hydroxylation sites is 1. The molecule has 0 aromatic heterocycles. The molecule has 0 fully saturated rings. The van der Waals surface area contributed by atoms with Gasteiger partial charge in [-0.1, -0.05) is 55.5 Å². The summed E-state index contributed by atoms with van der Waals surface area (Å²) in [5, 5.41) is 17.4. The summed E-state index contributed by atoms with van der Waals surface area (Å²) in [5.74, 6) is -1.44. The van der Waals surface area contributed by atoms with Crippen LogP contribution in [0.1, 0.15) is 57.4 Å². The Hall–Kier alpha value is -4.12. The van der Waals surface area contributed by atoms with Crippen molar-refractivity contribution in [1.82, 2.24) is 16.0 Å². The Kier molecular flexibility index (Phi) is 15.4. The minimum absolute atomic E-state index is 0.165. The zero-order chi connectivity index (χ0) is 29.9. The fourth-order valence-electron chi connectivity index (χ4n) is 4.19. The number of carbonyl (C=O) groups excluding carboxylic acids is 3. The summed E-state index contributed by atoms with van der Waals surface area (Å²) in [5.41, 5.74) is 7.09. The molecule has 11 heteroatoms. The Bertz CT molecular complexity index is 1070. The third-order valence-electron chi connectivity index (χ3n) is 6.34. The van der Waals surface area contributed by atoms with Crippen molar-refractivity contribution in [1.29, 1.82) is 0 Å². The largest absolute Gasteiger partial charge is 0.480 e. The van der Waals surface area contributed by atoms with E-state index >= 15 is 0 Å². The van der Waals surface area contributed by atoms with E-state index in [-0.39, 0.29) is 18.9 Å². The van der Waals surface area contributed by atoms with Crippen molar-refractivity contribution in [3.63, 3.8) is 0 Å². The summed E-state index contributed by atoms with van der Waals surface area (Å²) < 4.78 is 5.21. The second-order valence-corrected chi connectivity index (χ2v) is 9.66. The Morgan fingerprint density at radius 3 is 2.12 bits per heavy atom. The lowest BCUT2D eigenvalue weighted by atomic mass is 10.1. The maximum absolute atomic E-state index is 13.7. The van der Waals surface area contributed by atoms with Gasteiger partial charge in [0.2, 0.25) is 5.91 Å². The number of hydrogen-bond acceptors (Lipinski definition) is 6. The number of nitrogens with one attached hydrogen (secondary N) is 3. The molecule has 0 aliphatic rings. The number of nitrogens with zero attached hydrogens (tertiary/aromatic N) is 1. The van der Waals surface area contributed by atoms with Crippen molar-refractivity contribution in [2.45, 2.75) is 70.6 Å². The fraction of sp³-hybridized carbons (Fsp3) is 0.467. The molecule has 2 atom stereocenters. The highest BCUT2D eigenvalue weighted by atomic mass is 16.5. The van der Waals surface area contributed by atoms with E-state index in [2.05, 4.69) is 16.0 Å². The Balaban J connectivity index is 1.98. The van der Waals surface area contributed by atoms with Crippen LogP contribution in [0.4, 0.5) is 15.3 Å². The standard InChI is InChI=1S/C30H43N5O6/c1-2-21-35(24-15-7-4-8-16-24)27(36)25(33-29(39)34-26(28(37)38)18-9-11-19-31)17-10-12-20-32-30(40)41-22-23-13-5-3-6-14-23/h3-8,13-16,25-26H,2,9-12,17-22,31H2,1H3,(H,32,40)(H,37,38)(H2,33,34,39)/t25-,26?/m1/s1. The number of nitrogens with two attached hydrogens (primary N) is 1. The summed E-state index contributed by atoms with van der Waals surface area (Å²) in [6.07, 6.45) is 2.96. The van der Waals surface area contributed by atoms with Gasteiger partial charge in [-0.2, -0.15) is 0 Å². The molecule has 0 aliphatic carbocycles. The number of urea groups is 1. The predicted octanol–water partition coefficient (Wildman–Crippen LogP) is 3.78. The number of alkyl carbamates (subject to hydrolysis) is 1. The van der Waals surface area contributed by atoms with Gasteiger partial charge in [0.05, 0.1) is 0 Å². The molecule has 1 unspecified atom stereocenters. The van der Waals surface area contributed by atoms with Gasteiger partial charge in [-0.25, -0.2) is 14.4 Å². The summed E-state index contributed by atoms with van der Waals surface area (Å²) >= 11 is 0. The van der Waals surface area contributed by atoms with Crippen LogP contribution in [0, 0.1) is 0 Å². The number of aliphatic carboxylic acids is 1. The first-order valence-corrected chi connectivity index (χ1v) is 14.2. The second kappa shape index (κ2) is 19.0. The van der Waals surface area contributed by atoms with Crippen LogP contribution < -0.4 is 26.6 Å². The van der Waals surface area contributed by atoms with E-state index in [0.29, 0.717) is 63.8 Å². The van der Waals surface area contributed by atoms with E-state index in [1.165, 1.54) is 0 Å². The van der Waals surface area contributed by atoms with E-state index < -0.39 is 30.2 Å². The SMILES string of the molecule is CCCN(C(=O)[C@@H](CCCCNC(=O)OCc1ccccc1)NC(=O)NC(CCCCN)C(=O)O)c1ccccc1. The smallest absolute Gasteiger partial charge is 0.407 e. The number of hydrogen-bond donors (Lipinski definition) is 5. The maximum atomic E-state index is 13.7. The van der Waals surface area contributed by atoms with E-state index in [1.807, 2.05) is 67.6 Å². The molecule has 2 rings (SSSR count). The fourth-order valence-corrected chi connectivity index (χ4v) is 4.19. The molecule has 41 heavy (non-hydrogen) atoms. The lowest BCUT2D eigenvalue weighted by Gasteiger charge is -2.28. The first-order valence-electron chi connectivity index (χ1n) is 14.2. The molecule has 0 spiro atoms. The first kappa shape index (κ1) is 33.1. The minimum atomic E-state index is -1.15. The van der Waals surface area contributed by atoms with Crippen LogP contribution in [0.25, 0.3) is 0 Å². The summed E-state index contributed by atoms with van der Waals surface area (Å²) in [6.45, 7) is 3.34. The van der Waals surface area contributed by atoms with E-state index in [4.69, 9.17) is 10.5 Å². The third-order valence-corrected chi connectivity index (χ3v) is 6.34. The van der Waals surface area contributed by atoms with E-state index in [0.717, 1.165) is 5.56 Å². The van der Waals surface area contributed by atoms with Gasteiger partial charge in [0.25, 0.3) is 0 Å². The number of carboxylic acids is 1. The first-order chi connectivity index (χ1) is 19.8. The lowest BCUT2D eigenvalue weighted by Crippen LogP contribution is -2.54. The molecule has 0 radical (unpaired) electrons. The van der Waals surface area contributed by atoms with Gasteiger partial charge in [-0.05, 0) is 69.2 Å². The molecule has 0 saturated carbocycles. The topological polar surface area (TPSA) is 163 Å². The summed E-state index contributed by atoms with van der Waals surface area (Å²) in [4.78, 5) is 51.8. The van der Waals surface area contributed by atoms with Crippen LogP contribution in [-0.4, -0.2) is 60.8 Å². The number of ether oxygens (including phenoxy) is 1. The van der Waals surface area contributed by atoms with Crippen molar-refractivity contribution >= 4 is 29.7 Å². The zero-order valence-electron chi connectivity index (χ0n) is 23.7. The summed E-state index contributed by atoms with van der Waals surface area (Å²) in [6, 6.07) is 15.8. The van der Waals surface area contributed by atoms with Crippen LogP contribution in [0.5, 0.6) is 0 Å². The molecular weight excluding hydrogens is 526 g/mol. The lowest BCUT2D eigenvalue weighted by molar-refractivity contribution is -0.139. The van der Waals surface area contributed by atoms with Gasteiger partial charge < -0.3 is 36.4 Å². The normalized spacial score (nSPS) is 12.0. The molecule has 6 N–H and O–H groups in total. The third kappa shape index (κ3) is 12.7. The van der Waals surface area contributed by atoms with E-state index in [9.17, 15) is 24.3 Å². The maximum Gasteiger partial charge on any atom is 0.407 e. The average Bonchev–Trinajstić information content (AvgIpc) is 2.98. The van der Waals surface area contributed by atoms with Gasteiger partial charge in [-0.15, -0.1) is 0 Å². The Labute approximate surface area is 241 Å². The van der Waals surface area contributed by atoms with Crippen molar-refractivity contribution in [2.75, 3.05) is 24.5 Å². The zero-order valence-corrected chi connectivity index (χ0v) is 23.7. The van der Waals surface area contributed by atoms with E-state index in [1.54, 1.807) is 4.90 Å². The highest BCUT2D eigenvalue weighted by molar-refractivity contribution is 5.99. The van der Waals surface area contributed by atoms with Crippen molar-refractivity contribution < 1.29 is 29.0 Å². The number of amides is 4. The van der Waals surface area contributed by atoms with Crippen molar-refractivity contribution in [3.8, 4) is 0 Å². The van der Waals surface area contributed by atoms with Crippen LogP contribution in [-0.2, 0) is 20.9 Å². The van der Waals surface area contributed by atoms with Crippen molar-refractivity contribution in [3.05, 3.63) is 66.2 Å². The molecule has 224 valence electrons. The number of rotatable bonds is 18. The van der Waals surface area contributed by atoms with Gasteiger partial charge in [0.15, 0.2) is 0 Å². The monoisotopic (exact) mass is 569 g/mol. The highest BCUT2D eigenvalue weighted by Crippen LogP contribution is 2.17. The van der Waals surface area contributed by atoms with Gasteiger partial charge in [-0.3, -0.25) is 4.79 Å². The number of carboxylic acid groups (broad SMARTS) is 1. The predicted molar refractivity (Wildman–Crippen MR) is 157 cm³/mol. The Morgan fingerprint density at radius 2 is 1.49 bits per heavy atom. The molecule has 0 saturated heterocycles. The minimum Gasteiger partial charge on any atom is -0.480 e. The molecular formula is C30H43N5O6. The van der Waals surface area contributed by atoms with Gasteiger partial charge in [0.1, 0.15) is 18.7 Å². The van der Waals surface area contributed by atoms with Gasteiger partial charge >= 0.3 is 18.1 Å². The van der Waals surface area contributed by atoms with Crippen LogP contribution >= 0.6 is 0 Å². The molecule has 2 aromatic rings. The molecule has 2 aromatic carbocycles. The second-order valence-electron chi connectivity index (χ2n) is 9.66. The summed E-state index contributed by atoms with van der Waals surface area (Å²) in [7, 11) is 0. The number of unbranched alkanes of at least 4 members (excludes halogenated alkanes) is 2. The molecule has 11 nitrogen and oxygen atoms in total.